The van der Waals surface area contributed by atoms with Crippen LogP contribution in [0.3, 0.4) is 0 Å². The number of halogens is 1. The van der Waals surface area contributed by atoms with E-state index in [0.29, 0.717) is 15.9 Å². The number of amides is 1. The summed E-state index contributed by atoms with van der Waals surface area (Å²) in [4.78, 5) is 13.2. The summed E-state index contributed by atoms with van der Waals surface area (Å²) in [5.41, 5.74) is 3.82. The van der Waals surface area contributed by atoms with E-state index in [-0.39, 0.29) is 18.0 Å². The quantitative estimate of drug-likeness (QED) is 0.456. The fourth-order valence-corrected chi connectivity index (χ4v) is 2.64. The van der Waals surface area contributed by atoms with Gasteiger partial charge in [-0.25, -0.2) is 5.43 Å². The zero-order valence-electron chi connectivity index (χ0n) is 14.2. The van der Waals surface area contributed by atoms with Crippen molar-refractivity contribution in [1.82, 2.24) is 25.6 Å². The Balaban J connectivity index is 1.60. The van der Waals surface area contributed by atoms with Gasteiger partial charge in [0.05, 0.1) is 17.8 Å². The van der Waals surface area contributed by atoms with Crippen molar-refractivity contribution in [3.8, 4) is 22.9 Å². The molecule has 138 valence electrons. The minimum Gasteiger partial charge on any atom is -0.503 e. The maximum absolute atomic E-state index is 12.0. The molecule has 0 fully saturated rings. The van der Waals surface area contributed by atoms with Gasteiger partial charge in [0.2, 0.25) is 5.82 Å². The number of benzene rings is 2. The number of hydrazone groups is 1. The lowest BCUT2D eigenvalue weighted by molar-refractivity contribution is -0.122. The number of phenols is 1. The Kier molecular flexibility index (Phi) is 5.77. The van der Waals surface area contributed by atoms with Gasteiger partial charge in [-0.2, -0.15) is 9.90 Å². The third kappa shape index (κ3) is 4.67. The van der Waals surface area contributed by atoms with E-state index in [1.165, 1.54) is 18.1 Å². The first-order chi connectivity index (χ1) is 13.1. The van der Waals surface area contributed by atoms with Crippen LogP contribution in [-0.4, -0.2) is 44.5 Å². The van der Waals surface area contributed by atoms with Crippen LogP contribution in [0.25, 0.3) is 11.4 Å². The van der Waals surface area contributed by atoms with Gasteiger partial charge in [-0.3, -0.25) is 4.79 Å². The molecule has 0 unspecified atom stereocenters. The monoisotopic (exact) mass is 430 g/mol. The Morgan fingerprint density at radius 3 is 2.89 bits per heavy atom. The molecule has 27 heavy (non-hydrogen) atoms. The molecule has 3 aromatic rings. The maximum Gasteiger partial charge on any atom is 0.263 e. The Morgan fingerprint density at radius 1 is 1.37 bits per heavy atom. The highest BCUT2D eigenvalue weighted by Gasteiger charge is 2.09. The molecule has 0 spiro atoms. The number of aromatic hydroxyl groups is 1. The summed E-state index contributed by atoms with van der Waals surface area (Å²) in [6, 6.07) is 12.6. The molecule has 0 saturated heterocycles. The fraction of sp³-hybridized carbons (Fsp3) is 0.118. The minimum atomic E-state index is -0.409. The SMILES string of the molecule is COc1cc(/C=N/NC(=O)Cn2nnc(-c3ccccc3)n2)cc(Br)c1O. The van der Waals surface area contributed by atoms with Gasteiger partial charge in [-0.15, -0.1) is 10.2 Å². The summed E-state index contributed by atoms with van der Waals surface area (Å²) in [5.74, 6) is 0.309. The number of nitrogens with one attached hydrogen (secondary N) is 1. The van der Waals surface area contributed by atoms with E-state index in [2.05, 4.69) is 41.9 Å². The average molecular weight is 431 g/mol. The number of methoxy groups -OCH3 is 1. The maximum atomic E-state index is 12.0. The predicted octanol–water partition coefficient (Wildman–Crippen LogP) is 1.97. The van der Waals surface area contributed by atoms with Crippen LogP contribution in [0.15, 0.2) is 52.0 Å². The van der Waals surface area contributed by atoms with E-state index in [1.54, 1.807) is 12.1 Å². The molecule has 0 aliphatic carbocycles. The molecule has 2 aromatic carbocycles. The van der Waals surface area contributed by atoms with Gasteiger partial charge in [0.15, 0.2) is 11.5 Å². The second-order valence-electron chi connectivity index (χ2n) is 5.36. The van der Waals surface area contributed by atoms with Crippen molar-refractivity contribution < 1.29 is 14.6 Å². The van der Waals surface area contributed by atoms with Crippen LogP contribution in [0.1, 0.15) is 5.56 Å². The van der Waals surface area contributed by atoms with Gasteiger partial charge in [-0.05, 0) is 38.8 Å². The average Bonchev–Trinajstić information content (AvgIpc) is 3.13. The van der Waals surface area contributed by atoms with Crippen LogP contribution in [0.4, 0.5) is 0 Å². The molecule has 2 N–H and O–H groups in total. The molecule has 1 amide bonds. The smallest absolute Gasteiger partial charge is 0.263 e. The van der Waals surface area contributed by atoms with Crippen LogP contribution in [0.5, 0.6) is 11.5 Å². The highest BCUT2D eigenvalue weighted by Crippen LogP contribution is 2.34. The number of carbonyl (C=O) groups excluding carboxylic acids is 1. The molecule has 0 aliphatic heterocycles. The lowest BCUT2D eigenvalue weighted by Gasteiger charge is -2.06. The largest absolute Gasteiger partial charge is 0.503 e. The van der Waals surface area contributed by atoms with E-state index in [9.17, 15) is 9.90 Å². The Hall–Kier alpha value is -3.27. The molecule has 0 atom stereocenters. The van der Waals surface area contributed by atoms with Crippen molar-refractivity contribution in [2.75, 3.05) is 7.11 Å². The van der Waals surface area contributed by atoms with Crippen LogP contribution >= 0.6 is 15.9 Å². The Morgan fingerprint density at radius 2 is 2.15 bits per heavy atom. The Bertz CT molecular complexity index is 974. The summed E-state index contributed by atoms with van der Waals surface area (Å²) in [6.07, 6.45) is 1.43. The fourth-order valence-electron chi connectivity index (χ4n) is 2.18. The number of rotatable bonds is 6. The first-order valence-corrected chi connectivity index (χ1v) is 8.57. The molecule has 0 saturated carbocycles. The lowest BCUT2D eigenvalue weighted by atomic mass is 10.2. The minimum absolute atomic E-state index is 0.00911. The van der Waals surface area contributed by atoms with Gasteiger partial charge in [-0.1, -0.05) is 30.3 Å². The number of tetrazole rings is 1. The third-order valence-electron chi connectivity index (χ3n) is 3.44. The molecule has 10 heteroatoms. The molecule has 3 rings (SSSR count). The summed E-state index contributed by atoms with van der Waals surface area (Å²) >= 11 is 3.22. The van der Waals surface area contributed by atoms with Crippen molar-refractivity contribution in [2.45, 2.75) is 6.54 Å². The van der Waals surface area contributed by atoms with E-state index in [4.69, 9.17) is 4.74 Å². The van der Waals surface area contributed by atoms with E-state index in [1.807, 2.05) is 30.3 Å². The molecule has 9 nitrogen and oxygen atoms in total. The highest BCUT2D eigenvalue weighted by molar-refractivity contribution is 9.10. The predicted molar refractivity (Wildman–Crippen MR) is 101 cm³/mol. The molecule has 0 radical (unpaired) electrons. The number of ether oxygens (including phenoxy) is 1. The molecule has 0 bridgehead atoms. The Labute approximate surface area is 162 Å². The number of carbonyl (C=O) groups is 1. The van der Waals surface area contributed by atoms with E-state index < -0.39 is 5.91 Å². The normalized spacial score (nSPS) is 10.9. The van der Waals surface area contributed by atoms with Crippen LogP contribution in [0.2, 0.25) is 0 Å². The summed E-state index contributed by atoms with van der Waals surface area (Å²) in [6.45, 7) is -0.125. The van der Waals surface area contributed by atoms with Gasteiger partial charge in [0.1, 0.15) is 6.54 Å². The summed E-state index contributed by atoms with van der Waals surface area (Å²) < 4.78 is 5.51. The molecular weight excluding hydrogens is 416 g/mol. The first-order valence-electron chi connectivity index (χ1n) is 7.78. The second-order valence-corrected chi connectivity index (χ2v) is 6.21. The number of aromatic nitrogens is 4. The highest BCUT2D eigenvalue weighted by atomic mass is 79.9. The topological polar surface area (TPSA) is 115 Å². The van der Waals surface area contributed by atoms with Gasteiger partial charge >= 0.3 is 0 Å². The third-order valence-corrected chi connectivity index (χ3v) is 4.05. The number of phenolic OH excluding ortho intramolecular Hbond substituents is 1. The molecule has 1 heterocycles. The molecule has 1 aromatic heterocycles. The lowest BCUT2D eigenvalue weighted by Crippen LogP contribution is -2.24. The molecular formula is C17H15BrN6O3. The summed E-state index contributed by atoms with van der Waals surface area (Å²) in [7, 11) is 1.44. The standard InChI is InChI=1S/C17H15BrN6O3/c1-27-14-8-11(7-13(18)16(14)26)9-19-20-15(25)10-24-22-17(21-23-24)12-5-3-2-4-6-12/h2-9,26H,10H2,1H3,(H,20,25)/b19-9+. The zero-order chi connectivity index (χ0) is 19.2. The van der Waals surface area contributed by atoms with E-state index in [0.717, 1.165) is 5.56 Å². The number of hydrogen-bond donors (Lipinski definition) is 2. The number of hydrogen-bond acceptors (Lipinski definition) is 7. The second kappa shape index (κ2) is 8.41. The van der Waals surface area contributed by atoms with Crippen molar-refractivity contribution in [1.29, 1.82) is 0 Å². The van der Waals surface area contributed by atoms with Crippen molar-refractivity contribution in [3.63, 3.8) is 0 Å². The van der Waals surface area contributed by atoms with Crippen molar-refractivity contribution >= 4 is 28.1 Å². The first kappa shape index (κ1) is 18.5. The van der Waals surface area contributed by atoms with E-state index >= 15 is 0 Å². The van der Waals surface area contributed by atoms with Crippen molar-refractivity contribution in [2.24, 2.45) is 5.10 Å². The van der Waals surface area contributed by atoms with Gasteiger partial charge < -0.3 is 9.84 Å². The summed E-state index contributed by atoms with van der Waals surface area (Å²) in [5, 5.41) is 25.6. The van der Waals surface area contributed by atoms with Gasteiger partial charge in [0.25, 0.3) is 5.91 Å². The number of nitrogens with zero attached hydrogens (tertiary/aromatic N) is 5. The zero-order valence-corrected chi connectivity index (χ0v) is 15.8. The van der Waals surface area contributed by atoms with Crippen LogP contribution < -0.4 is 10.2 Å². The molecule has 0 aliphatic rings. The van der Waals surface area contributed by atoms with Crippen molar-refractivity contribution in [3.05, 3.63) is 52.5 Å². The van der Waals surface area contributed by atoms with Crippen LogP contribution in [-0.2, 0) is 11.3 Å². The van der Waals surface area contributed by atoms with Crippen LogP contribution in [0, 0.1) is 0 Å². The van der Waals surface area contributed by atoms with Gasteiger partial charge in [0, 0.05) is 5.56 Å².